The molecule has 1 aliphatic carbocycles. The van der Waals surface area contributed by atoms with Gasteiger partial charge in [-0.05, 0) is 57.2 Å². The number of hydrogen-bond acceptors (Lipinski definition) is 7. The van der Waals surface area contributed by atoms with E-state index in [2.05, 4.69) is 28.5 Å². The van der Waals surface area contributed by atoms with Crippen LogP contribution >= 0.6 is 22.7 Å². The fraction of sp³-hybridized carbons (Fsp3) is 0.632. The lowest BCUT2D eigenvalue weighted by molar-refractivity contribution is 0.0662. The quantitative estimate of drug-likeness (QED) is 0.732. The second-order valence-electron chi connectivity index (χ2n) is 7.35. The van der Waals surface area contributed by atoms with E-state index in [0.29, 0.717) is 18.4 Å². The van der Waals surface area contributed by atoms with E-state index in [1.807, 2.05) is 6.92 Å². The van der Waals surface area contributed by atoms with E-state index in [1.54, 1.807) is 11.3 Å². The normalized spacial score (nSPS) is 23.3. The number of ketones is 1. The van der Waals surface area contributed by atoms with E-state index in [4.69, 9.17) is 4.74 Å². The van der Waals surface area contributed by atoms with Crippen molar-refractivity contribution in [3.8, 4) is 0 Å². The Labute approximate surface area is 162 Å². The van der Waals surface area contributed by atoms with Crippen molar-refractivity contribution < 1.29 is 9.53 Å². The lowest BCUT2D eigenvalue weighted by atomic mass is 10.0. The van der Waals surface area contributed by atoms with Crippen LogP contribution in [0.15, 0.2) is 6.07 Å². The number of nitrogens with one attached hydrogen (secondary N) is 1. The number of hydrogen-bond donors (Lipinski definition) is 1. The molecular weight excluding hydrogens is 366 g/mol. The summed E-state index contributed by atoms with van der Waals surface area (Å²) >= 11 is 3.13. The average molecular weight is 392 g/mol. The van der Waals surface area contributed by atoms with Gasteiger partial charge >= 0.3 is 0 Å². The van der Waals surface area contributed by atoms with Gasteiger partial charge in [0.25, 0.3) is 0 Å². The first-order valence-corrected chi connectivity index (χ1v) is 11.0. The average Bonchev–Trinajstić information content (AvgIpc) is 3.12. The number of thiophene rings is 1. The smallest absolute Gasteiger partial charge is 0.179 e. The number of aromatic nitrogens is 2. The molecule has 7 heteroatoms. The van der Waals surface area contributed by atoms with Crippen LogP contribution in [0.3, 0.4) is 0 Å². The van der Waals surface area contributed by atoms with Crippen LogP contribution in [0, 0.1) is 19.8 Å². The van der Waals surface area contributed by atoms with Crippen molar-refractivity contribution in [1.29, 1.82) is 0 Å². The Kier molecular flexibility index (Phi) is 5.50. The first kappa shape index (κ1) is 18.2. The van der Waals surface area contributed by atoms with Crippen molar-refractivity contribution >= 4 is 28.5 Å². The highest BCUT2D eigenvalue weighted by molar-refractivity contribution is 7.14. The molecule has 2 aromatic rings. The van der Waals surface area contributed by atoms with Gasteiger partial charge in [-0.1, -0.05) is 0 Å². The summed E-state index contributed by atoms with van der Waals surface area (Å²) in [5.41, 5.74) is 1.36. The molecule has 0 radical (unpaired) electrons. The van der Waals surface area contributed by atoms with Gasteiger partial charge in [0.2, 0.25) is 0 Å². The molecule has 1 aliphatic heterocycles. The molecule has 26 heavy (non-hydrogen) atoms. The van der Waals surface area contributed by atoms with Gasteiger partial charge in [0.1, 0.15) is 10.0 Å². The topological polar surface area (TPSA) is 64.1 Å². The number of ether oxygens (including phenoxy) is 1. The Morgan fingerprint density at radius 2 is 2.08 bits per heavy atom. The zero-order chi connectivity index (χ0) is 18.1. The van der Waals surface area contributed by atoms with Crippen LogP contribution < -0.4 is 5.32 Å². The van der Waals surface area contributed by atoms with Crippen LogP contribution in [0.1, 0.15) is 55.3 Å². The maximum absolute atomic E-state index is 12.6. The molecule has 0 bridgehead atoms. The van der Waals surface area contributed by atoms with Crippen LogP contribution in [-0.4, -0.2) is 41.8 Å². The van der Waals surface area contributed by atoms with Gasteiger partial charge in [-0.25, -0.2) is 0 Å². The molecule has 2 aliphatic rings. The minimum atomic E-state index is 0.160. The number of carbonyl (C=O) groups is 1. The molecule has 0 unspecified atom stereocenters. The summed E-state index contributed by atoms with van der Waals surface area (Å²) in [5.74, 6) is 1.48. The summed E-state index contributed by atoms with van der Waals surface area (Å²) in [6, 6.07) is 2.69. The van der Waals surface area contributed by atoms with Crippen molar-refractivity contribution in [2.75, 3.05) is 19.8 Å². The first-order chi connectivity index (χ1) is 12.6. The first-order valence-electron chi connectivity index (χ1n) is 9.34. The van der Waals surface area contributed by atoms with E-state index in [9.17, 15) is 4.79 Å². The predicted octanol–water partition coefficient (Wildman–Crippen LogP) is 3.51. The minimum Gasteiger partial charge on any atom is -0.381 e. The van der Waals surface area contributed by atoms with Gasteiger partial charge in [0, 0.05) is 30.1 Å². The number of Topliss-reactive ketones (excluding diaryl/α,β-unsaturated/α-hetero) is 1. The summed E-state index contributed by atoms with van der Waals surface area (Å²) < 4.78 is 5.43. The maximum Gasteiger partial charge on any atom is 0.179 e. The number of carbonyl (C=O) groups excluding carboxylic acids is 1. The molecule has 3 heterocycles. The molecule has 4 rings (SSSR count). The molecule has 2 fully saturated rings. The van der Waals surface area contributed by atoms with Crippen LogP contribution in [0.25, 0.3) is 0 Å². The molecule has 0 spiro atoms. The third-order valence-corrected chi connectivity index (χ3v) is 7.26. The second-order valence-corrected chi connectivity index (χ2v) is 9.87. The summed E-state index contributed by atoms with van der Waals surface area (Å²) in [6.45, 7) is 6.96. The molecule has 2 atom stereocenters. The van der Waals surface area contributed by atoms with Gasteiger partial charge in [-0.2, -0.15) is 0 Å². The highest BCUT2D eigenvalue weighted by atomic mass is 32.1. The minimum absolute atomic E-state index is 0.160. The lowest BCUT2D eigenvalue weighted by Gasteiger charge is -2.22. The van der Waals surface area contributed by atoms with Crippen LogP contribution in [0.4, 0.5) is 0 Å². The van der Waals surface area contributed by atoms with Gasteiger partial charge in [-0.3, -0.25) is 4.79 Å². The number of nitrogens with zero attached hydrogens (tertiary/aromatic N) is 2. The van der Waals surface area contributed by atoms with E-state index < -0.39 is 0 Å². The van der Waals surface area contributed by atoms with Gasteiger partial charge in [0.15, 0.2) is 5.78 Å². The fourth-order valence-electron chi connectivity index (χ4n) is 3.67. The van der Waals surface area contributed by atoms with E-state index in [-0.39, 0.29) is 5.78 Å². The molecule has 1 N–H and O–H groups in total. The molecule has 1 saturated carbocycles. The van der Waals surface area contributed by atoms with E-state index in [0.717, 1.165) is 40.6 Å². The van der Waals surface area contributed by atoms with Crippen LogP contribution in [0.5, 0.6) is 0 Å². The highest BCUT2D eigenvalue weighted by Crippen LogP contribution is 2.45. The number of aryl methyl sites for hydroxylation is 2. The Morgan fingerprint density at radius 3 is 2.81 bits per heavy atom. The van der Waals surface area contributed by atoms with Crippen LogP contribution in [0.2, 0.25) is 0 Å². The molecule has 5 nitrogen and oxygen atoms in total. The van der Waals surface area contributed by atoms with E-state index in [1.165, 1.54) is 41.0 Å². The summed E-state index contributed by atoms with van der Waals surface area (Å²) in [7, 11) is 0. The maximum atomic E-state index is 12.6. The zero-order valence-corrected chi connectivity index (χ0v) is 16.9. The summed E-state index contributed by atoms with van der Waals surface area (Å²) in [4.78, 5) is 14.7. The monoisotopic (exact) mass is 391 g/mol. The fourth-order valence-corrected chi connectivity index (χ4v) is 5.41. The molecule has 2 aromatic heterocycles. The Hall–Kier alpha value is -1.15. The third kappa shape index (κ3) is 4.22. The molecular formula is C19H25N3O2S2. The highest BCUT2D eigenvalue weighted by Gasteiger charge is 2.40. The Bertz CT molecular complexity index is 780. The molecule has 0 aromatic carbocycles. The van der Waals surface area contributed by atoms with Gasteiger partial charge in [0.05, 0.1) is 11.3 Å². The molecule has 1 saturated heterocycles. The Morgan fingerprint density at radius 1 is 1.27 bits per heavy atom. The predicted molar refractivity (Wildman–Crippen MR) is 104 cm³/mol. The standard InChI is InChI=1S/C19H25N3O2S2/c1-11-14(15-7-16(15)20-10-13-3-5-24-6-4-13)8-18(25-11)17(23)9-19-22-21-12(2)26-19/h8,13,15-16,20H,3-7,9-10H2,1-2H3/t15-,16+/m0/s1. The van der Waals surface area contributed by atoms with Crippen molar-refractivity contribution in [2.24, 2.45) is 5.92 Å². The van der Waals surface area contributed by atoms with Crippen molar-refractivity contribution in [2.45, 2.75) is 51.5 Å². The zero-order valence-electron chi connectivity index (χ0n) is 15.3. The molecule has 140 valence electrons. The SMILES string of the molecule is Cc1nnc(CC(=O)c2cc([C@@H]3C[C@H]3NCC3CCOCC3)c(C)s2)s1. The van der Waals surface area contributed by atoms with Gasteiger partial charge in [-0.15, -0.1) is 32.9 Å². The third-order valence-electron chi connectivity index (χ3n) is 5.31. The van der Waals surface area contributed by atoms with Gasteiger partial charge < -0.3 is 10.1 Å². The lowest BCUT2D eigenvalue weighted by Crippen LogP contribution is -2.29. The molecule has 0 amide bonds. The largest absolute Gasteiger partial charge is 0.381 e. The summed E-state index contributed by atoms with van der Waals surface area (Å²) in [6.07, 6.45) is 3.89. The summed E-state index contributed by atoms with van der Waals surface area (Å²) in [5, 5.41) is 13.5. The van der Waals surface area contributed by atoms with Crippen molar-refractivity contribution in [3.63, 3.8) is 0 Å². The Balaban J connectivity index is 1.33. The number of rotatable bonds is 7. The van der Waals surface area contributed by atoms with Crippen molar-refractivity contribution in [3.05, 3.63) is 31.4 Å². The van der Waals surface area contributed by atoms with Crippen LogP contribution in [-0.2, 0) is 11.2 Å². The second kappa shape index (κ2) is 7.84. The van der Waals surface area contributed by atoms with Crippen molar-refractivity contribution in [1.82, 2.24) is 15.5 Å². The van der Waals surface area contributed by atoms with E-state index >= 15 is 0 Å².